The Bertz CT molecular complexity index is 840. The summed E-state index contributed by atoms with van der Waals surface area (Å²) in [6, 6.07) is 8.77. The number of benzene rings is 2. The van der Waals surface area contributed by atoms with Crippen molar-refractivity contribution in [1.82, 2.24) is 5.32 Å². The molecule has 0 fully saturated rings. The van der Waals surface area contributed by atoms with E-state index in [0.29, 0.717) is 5.56 Å². The van der Waals surface area contributed by atoms with Gasteiger partial charge < -0.3 is 5.32 Å². The molecule has 2 rings (SSSR count). The average molecular weight is 372 g/mol. The zero-order chi connectivity index (χ0) is 17.7. The highest BCUT2D eigenvalue weighted by Gasteiger charge is 2.09. The Hall–Kier alpha value is -1.97. The van der Waals surface area contributed by atoms with Crippen molar-refractivity contribution in [1.29, 1.82) is 0 Å². The van der Waals surface area contributed by atoms with Crippen molar-refractivity contribution in [3.63, 3.8) is 0 Å². The Morgan fingerprint density at radius 3 is 2.42 bits per heavy atom. The van der Waals surface area contributed by atoms with E-state index in [-0.39, 0.29) is 28.0 Å². The fourth-order valence-corrected chi connectivity index (χ4v) is 3.09. The molecule has 2 aromatic rings. The monoisotopic (exact) mass is 372 g/mol. The number of hydrogen-bond acceptors (Lipinski definition) is 4. The predicted octanol–water partition coefficient (Wildman–Crippen LogP) is 2.02. The van der Waals surface area contributed by atoms with Gasteiger partial charge in [-0.05, 0) is 35.9 Å². The zero-order valence-corrected chi connectivity index (χ0v) is 14.0. The lowest BCUT2D eigenvalue weighted by Gasteiger charge is -2.07. The topological polar surface area (TPSA) is 89.3 Å². The molecule has 9 heteroatoms. The van der Waals surface area contributed by atoms with Gasteiger partial charge in [-0.1, -0.05) is 12.1 Å². The first-order chi connectivity index (χ1) is 11.3. The second-order valence-corrected chi connectivity index (χ2v) is 7.41. The van der Waals surface area contributed by atoms with E-state index in [1.54, 1.807) is 0 Å². The second kappa shape index (κ2) is 7.73. The molecule has 3 N–H and O–H groups in total. The van der Waals surface area contributed by atoms with Gasteiger partial charge in [0.25, 0.3) is 0 Å². The summed E-state index contributed by atoms with van der Waals surface area (Å²) in [7, 11) is -3.75. The van der Waals surface area contributed by atoms with Gasteiger partial charge in [-0.25, -0.2) is 22.3 Å². The Kier molecular flexibility index (Phi) is 5.92. The van der Waals surface area contributed by atoms with Gasteiger partial charge in [-0.15, -0.1) is 11.8 Å². The van der Waals surface area contributed by atoms with Crippen molar-refractivity contribution >= 4 is 27.7 Å². The van der Waals surface area contributed by atoms with Gasteiger partial charge in [0.15, 0.2) is 0 Å². The number of carbonyl (C=O) groups is 1. The van der Waals surface area contributed by atoms with Crippen molar-refractivity contribution in [2.24, 2.45) is 5.14 Å². The van der Waals surface area contributed by atoms with E-state index in [4.69, 9.17) is 5.14 Å². The second-order valence-electron chi connectivity index (χ2n) is 4.83. The first-order valence-corrected chi connectivity index (χ1v) is 9.25. The highest BCUT2D eigenvalue weighted by Crippen LogP contribution is 2.22. The molecular weight excluding hydrogens is 358 g/mol. The number of hydrogen-bond donors (Lipinski definition) is 2. The highest BCUT2D eigenvalue weighted by molar-refractivity contribution is 8.00. The largest absolute Gasteiger partial charge is 0.351 e. The van der Waals surface area contributed by atoms with Gasteiger partial charge in [0.05, 0.1) is 10.6 Å². The van der Waals surface area contributed by atoms with Crippen LogP contribution < -0.4 is 10.5 Å². The third kappa shape index (κ3) is 5.29. The van der Waals surface area contributed by atoms with Gasteiger partial charge in [0, 0.05) is 11.4 Å². The van der Waals surface area contributed by atoms with E-state index in [1.165, 1.54) is 24.3 Å². The van der Waals surface area contributed by atoms with Crippen molar-refractivity contribution in [2.75, 3.05) is 5.75 Å². The lowest BCUT2D eigenvalue weighted by atomic mass is 10.2. The summed E-state index contributed by atoms with van der Waals surface area (Å²) >= 11 is 0.887. The van der Waals surface area contributed by atoms with Crippen LogP contribution in [0.15, 0.2) is 52.3 Å². The summed E-state index contributed by atoms with van der Waals surface area (Å²) in [6.07, 6.45) is 0. The molecule has 0 saturated heterocycles. The number of sulfonamides is 1. The van der Waals surface area contributed by atoms with Crippen LogP contribution in [0.2, 0.25) is 0 Å². The van der Waals surface area contributed by atoms with Crippen LogP contribution in [0.3, 0.4) is 0 Å². The lowest BCUT2D eigenvalue weighted by Crippen LogP contribution is -2.24. The summed E-state index contributed by atoms with van der Waals surface area (Å²) < 4.78 is 48.7. The number of thioether (sulfide) groups is 1. The number of primary sulfonamides is 1. The summed E-state index contributed by atoms with van der Waals surface area (Å²) in [5.41, 5.74) is 0.678. The van der Waals surface area contributed by atoms with Crippen LogP contribution in [-0.2, 0) is 21.4 Å². The molecule has 0 radical (unpaired) electrons. The van der Waals surface area contributed by atoms with E-state index in [2.05, 4.69) is 5.32 Å². The summed E-state index contributed by atoms with van der Waals surface area (Å²) in [5.74, 6) is -1.60. The Morgan fingerprint density at radius 2 is 1.79 bits per heavy atom. The van der Waals surface area contributed by atoms with Crippen molar-refractivity contribution in [3.05, 3.63) is 59.7 Å². The molecule has 5 nitrogen and oxygen atoms in total. The van der Waals surface area contributed by atoms with Crippen LogP contribution in [0.4, 0.5) is 8.78 Å². The Balaban J connectivity index is 1.86. The van der Waals surface area contributed by atoms with Crippen LogP contribution in [0.1, 0.15) is 5.56 Å². The maximum Gasteiger partial charge on any atom is 0.238 e. The molecule has 0 unspecified atom stereocenters. The summed E-state index contributed by atoms with van der Waals surface area (Å²) in [4.78, 5) is 11.8. The van der Waals surface area contributed by atoms with E-state index in [0.717, 1.165) is 30.0 Å². The van der Waals surface area contributed by atoms with Crippen molar-refractivity contribution < 1.29 is 22.0 Å². The third-order valence-electron chi connectivity index (χ3n) is 2.99. The highest BCUT2D eigenvalue weighted by atomic mass is 32.2. The lowest BCUT2D eigenvalue weighted by molar-refractivity contribution is -0.118. The van der Waals surface area contributed by atoms with Gasteiger partial charge >= 0.3 is 0 Å². The molecule has 0 aliphatic heterocycles. The number of carbonyl (C=O) groups excluding carboxylic acids is 1. The SMILES string of the molecule is NS(=O)(=O)c1ccc(CNC(=O)CSc2cc(F)ccc2F)cc1. The first kappa shape index (κ1) is 18.4. The molecule has 0 aliphatic carbocycles. The molecule has 0 heterocycles. The fourth-order valence-electron chi connectivity index (χ4n) is 1.78. The third-order valence-corrected chi connectivity index (χ3v) is 4.95. The number of nitrogens with one attached hydrogen (secondary N) is 1. The molecule has 128 valence electrons. The quantitative estimate of drug-likeness (QED) is 0.759. The number of halogens is 2. The van der Waals surface area contributed by atoms with Gasteiger partial charge in [-0.3, -0.25) is 4.79 Å². The van der Waals surface area contributed by atoms with Crippen LogP contribution >= 0.6 is 11.8 Å². The molecule has 0 saturated carbocycles. The summed E-state index contributed by atoms with van der Waals surface area (Å²) in [5, 5.41) is 7.59. The minimum Gasteiger partial charge on any atom is -0.351 e. The van der Waals surface area contributed by atoms with Crippen molar-refractivity contribution in [3.8, 4) is 0 Å². The molecule has 2 aromatic carbocycles. The molecule has 1 amide bonds. The molecule has 24 heavy (non-hydrogen) atoms. The maximum atomic E-state index is 13.4. The summed E-state index contributed by atoms with van der Waals surface area (Å²) in [6.45, 7) is 0.177. The minimum absolute atomic E-state index is 0.0188. The van der Waals surface area contributed by atoms with Crippen LogP contribution in [0.5, 0.6) is 0 Å². The molecule has 0 aromatic heterocycles. The van der Waals surface area contributed by atoms with Crippen molar-refractivity contribution in [2.45, 2.75) is 16.3 Å². The Morgan fingerprint density at radius 1 is 1.12 bits per heavy atom. The fraction of sp³-hybridized carbons (Fsp3) is 0.133. The molecule has 0 atom stereocenters. The first-order valence-electron chi connectivity index (χ1n) is 6.72. The normalized spacial score (nSPS) is 11.3. The minimum atomic E-state index is -3.75. The zero-order valence-electron chi connectivity index (χ0n) is 12.3. The van der Waals surface area contributed by atoms with E-state index in [1.807, 2.05) is 0 Å². The van der Waals surface area contributed by atoms with Gasteiger partial charge in [-0.2, -0.15) is 0 Å². The molecule has 0 bridgehead atoms. The number of nitrogens with two attached hydrogens (primary N) is 1. The average Bonchev–Trinajstić information content (AvgIpc) is 2.53. The number of amides is 1. The van der Waals surface area contributed by atoms with Crippen LogP contribution in [-0.4, -0.2) is 20.1 Å². The molecule has 0 spiro atoms. The van der Waals surface area contributed by atoms with E-state index >= 15 is 0 Å². The van der Waals surface area contributed by atoms with Crippen LogP contribution in [0, 0.1) is 11.6 Å². The predicted molar refractivity (Wildman–Crippen MR) is 86.7 cm³/mol. The van der Waals surface area contributed by atoms with Gasteiger partial charge in [0.2, 0.25) is 15.9 Å². The van der Waals surface area contributed by atoms with E-state index < -0.39 is 21.7 Å². The van der Waals surface area contributed by atoms with E-state index in [9.17, 15) is 22.0 Å². The van der Waals surface area contributed by atoms with Gasteiger partial charge in [0.1, 0.15) is 11.6 Å². The smallest absolute Gasteiger partial charge is 0.238 e. The molecular formula is C15H14F2N2O3S2. The standard InChI is InChI=1S/C15H14F2N2O3S2/c16-11-3-6-13(17)14(7-11)23-9-15(20)19-8-10-1-4-12(5-2-10)24(18,21)22/h1-7H,8-9H2,(H,19,20)(H2,18,21,22). The molecule has 0 aliphatic rings. The number of rotatable bonds is 6. The Labute approximate surface area is 142 Å². The van der Waals surface area contributed by atoms with Crippen LogP contribution in [0.25, 0.3) is 0 Å². The maximum absolute atomic E-state index is 13.4.